The fourth-order valence-electron chi connectivity index (χ4n) is 2.14. The predicted molar refractivity (Wildman–Crippen MR) is 58.0 cm³/mol. The molecular weight excluding hydrogens is 208 g/mol. The lowest BCUT2D eigenvalue weighted by Crippen LogP contribution is -2.47. The highest BCUT2D eigenvalue weighted by molar-refractivity contribution is 5.77. The summed E-state index contributed by atoms with van der Waals surface area (Å²) in [7, 11) is 0. The number of likely N-dealkylation sites (tertiary alicyclic amines) is 1. The number of carboxylic acid groups (broad SMARTS) is 1. The van der Waals surface area contributed by atoms with Gasteiger partial charge < -0.3 is 15.3 Å². The molecule has 2 N–H and O–H groups in total. The first kappa shape index (κ1) is 11.2. The van der Waals surface area contributed by atoms with E-state index in [9.17, 15) is 9.59 Å². The number of nitrogens with one attached hydrogen (secondary N) is 1. The highest BCUT2D eigenvalue weighted by Crippen LogP contribution is 2.29. The number of piperidine rings is 1. The van der Waals surface area contributed by atoms with Crippen LogP contribution in [0.25, 0.3) is 0 Å². The van der Waals surface area contributed by atoms with Gasteiger partial charge in [0.05, 0.1) is 5.92 Å². The molecule has 2 unspecified atom stereocenters. The van der Waals surface area contributed by atoms with E-state index in [1.54, 1.807) is 4.90 Å². The molecule has 2 amide bonds. The summed E-state index contributed by atoms with van der Waals surface area (Å²) in [6.45, 7) is 3.13. The fourth-order valence-corrected chi connectivity index (χ4v) is 2.14. The van der Waals surface area contributed by atoms with Crippen LogP contribution < -0.4 is 5.32 Å². The van der Waals surface area contributed by atoms with Crippen molar-refractivity contribution in [1.82, 2.24) is 10.2 Å². The lowest BCUT2D eigenvalue weighted by Gasteiger charge is -2.30. The van der Waals surface area contributed by atoms with E-state index in [1.165, 1.54) is 0 Å². The molecule has 1 heterocycles. The van der Waals surface area contributed by atoms with Gasteiger partial charge in [-0.1, -0.05) is 6.92 Å². The van der Waals surface area contributed by atoms with Gasteiger partial charge >= 0.3 is 12.0 Å². The summed E-state index contributed by atoms with van der Waals surface area (Å²) in [4.78, 5) is 24.3. The maximum absolute atomic E-state index is 11.8. The maximum Gasteiger partial charge on any atom is 0.317 e. The fraction of sp³-hybridized carbons (Fsp3) is 0.818. The van der Waals surface area contributed by atoms with Crippen LogP contribution in [-0.4, -0.2) is 41.1 Å². The molecule has 3 atom stereocenters. The number of aliphatic carboxylic acids is 1. The molecule has 90 valence electrons. The lowest BCUT2D eigenvalue weighted by molar-refractivity contribution is -0.143. The van der Waals surface area contributed by atoms with Crippen molar-refractivity contribution in [3.63, 3.8) is 0 Å². The number of carbonyl (C=O) groups is 2. The third-order valence-electron chi connectivity index (χ3n) is 3.48. The van der Waals surface area contributed by atoms with Gasteiger partial charge in [-0.25, -0.2) is 4.79 Å². The van der Waals surface area contributed by atoms with E-state index in [0.29, 0.717) is 31.5 Å². The van der Waals surface area contributed by atoms with Crippen molar-refractivity contribution in [3.8, 4) is 0 Å². The Hall–Kier alpha value is -1.26. The van der Waals surface area contributed by atoms with Crippen LogP contribution in [0.2, 0.25) is 0 Å². The Bertz CT molecular complexity index is 306. The van der Waals surface area contributed by atoms with E-state index in [1.807, 2.05) is 0 Å². The molecule has 1 saturated carbocycles. The number of hydrogen-bond donors (Lipinski definition) is 2. The Morgan fingerprint density at radius 2 is 2.12 bits per heavy atom. The van der Waals surface area contributed by atoms with E-state index in [-0.39, 0.29) is 6.03 Å². The minimum atomic E-state index is -0.794. The van der Waals surface area contributed by atoms with Gasteiger partial charge in [-0.05, 0) is 25.2 Å². The second kappa shape index (κ2) is 4.31. The molecule has 2 rings (SSSR count). The van der Waals surface area contributed by atoms with E-state index >= 15 is 0 Å². The quantitative estimate of drug-likeness (QED) is 0.735. The molecule has 5 nitrogen and oxygen atoms in total. The molecule has 0 aromatic heterocycles. The van der Waals surface area contributed by atoms with Crippen LogP contribution in [0.5, 0.6) is 0 Å². The first-order chi connectivity index (χ1) is 7.58. The summed E-state index contributed by atoms with van der Waals surface area (Å²) in [5.74, 6) is -0.613. The average Bonchev–Trinajstić information content (AvgIpc) is 2.94. The number of hydrogen-bond acceptors (Lipinski definition) is 2. The van der Waals surface area contributed by atoms with Crippen molar-refractivity contribution in [1.29, 1.82) is 0 Å². The molecule has 1 aliphatic heterocycles. The van der Waals surface area contributed by atoms with E-state index in [2.05, 4.69) is 12.2 Å². The summed E-state index contributed by atoms with van der Waals surface area (Å²) >= 11 is 0. The van der Waals surface area contributed by atoms with Crippen molar-refractivity contribution >= 4 is 12.0 Å². The minimum absolute atomic E-state index is 0.0969. The van der Waals surface area contributed by atoms with E-state index < -0.39 is 11.9 Å². The zero-order valence-electron chi connectivity index (χ0n) is 9.48. The first-order valence-electron chi connectivity index (χ1n) is 5.86. The van der Waals surface area contributed by atoms with Crippen LogP contribution in [0, 0.1) is 11.8 Å². The number of carbonyl (C=O) groups excluding carboxylic acids is 1. The Balaban J connectivity index is 1.83. The Labute approximate surface area is 94.8 Å². The molecule has 16 heavy (non-hydrogen) atoms. The molecular formula is C11H18N2O3. The third kappa shape index (κ3) is 2.46. The molecule has 2 aliphatic rings. The average molecular weight is 226 g/mol. The maximum atomic E-state index is 11.8. The van der Waals surface area contributed by atoms with Gasteiger partial charge in [-0.15, -0.1) is 0 Å². The second-order valence-electron chi connectivity index (χ2n) is 4.89. The second-order valence-corrected chi connectivity index (χ2v) is 4.89. The van der Waals surface area contributed by atoms with Crippen LogP contribution in [0.3, 0.4) is 0 Å². The molecule has 1 aliphatic carbocycles. The number of rotatable bonds is 2. The summed E-state index contributed by atoms with van der Waals surface area (Å²) in [5.41, 5.74) is 0. The van der Waals surface area contributed by atoms with Crippen molar-refractivity contribution in [3.05, 3.63) is 0 Å². The third-order valence-corrected chi connectivity index (χ3v) is 3.48. The molecule has 2 fully saturated rings. The van der Waals surface area contributed by atoms with Gasteiger partial charge in [0.1, 0.15) is 0 Å². The van der Waals surface area contributed by atoms with Crippen LogP contribution in [0.15, 0.2) is 0 Å². The first-order valence-corrected chi connectivity index (χ1v) is 5.86. The summed E-state index contributed by atoms with van der Waals surface area (Å²) < 4.78 is 0. The van der Waals surface area contributed by atoms with E-state index in [0.717, 1.165) is 12.8 Å². The van der Waals surface area contributed by atoms with Gasteiger partial charge in [0.25, 0.3) is 0 Å². The largest absolute Gasteiger partial charge is 0.481 e. The molecule has 0 spiro atoms. The molecule has 0 aromatic rings. The number of urea groups is 1. The van der Waals surface area contributed by atoms with Crippen molar-refractivity contribution in [2.45, 2.75) is 32.2 Å². The van der Waals surface area contributed by atoms with Gasteiger partial charge in [-0.3, -0.25) is 4.79 Å². The summed E-state index contributed by atoms with van der Waals surface area (Å²) in [6, 6.07) is 0.206. The Morgan fingerprint density at radius 1 is 1.44 bits per heavy atom. The van der Waals surface area contributed by atoms with Gasteiger partial charge in [0.15, 0.2) is 0 Å². The highest BCUT2D eigenvalue weighted by atomic mass is 16.4. The number of nitrogens with zero attached hydrogens (tertiary/aromatic N) is 1. The number of carboxylic acids is 1. The monoisotopic (exact) mass is 226 g/mol. The SMILES string of the molecule is CC1CC1NC(=O)N1CCC[C@@H](C(=O)O)C1. The predicted octanol–water partition coefficient (Wildman–Crippen LogP) is 0.901. The van der Waals surface area contributed by atoms with Crippen LogP contribution in [-0.2, 0) is 4.79 Å². The standard InChI is InChI=1S/C11H18N2O3/c1-7-5-9(7)12-11(16)13-4-2-3-8(6-13)10(14)15/h7-9H,2-6H2,1H3,(H,12,16)(H,14,15)/t7?,8-,9?/m1/s1. The van der Waals surface area contributed by atoms with E-state index in [4.69, 9.17) is 5.11 Å². The Morgan fingerprint density at radius 3 is 2.69 bits per heavy atom. The van der Waals surface area contributed by atoms with Crippen LogP contribution in [0.4, 0.5) is 4.79 Å². The van der Waals surface area contributed by atoms with Crippen molar-refractivity contribution < 1.29 is 14.7 Å². The molecule has 5 heteroatoms. The molecule has 1 saturated heterocycles. The van der Waals surface area contributed by atoms with Gasteiger partial charge in [-0.2, -0.15) is 0 Å². The lowest BCUT2D eigenvalue weighted by atomic mass is 9.99. The zero-order valence-corrected chi connectivity index (χ0v) is 9.48. The molecule has 0 bridgehead atoms. The topological polar surface area (TPSA) is 69.6 Å². The zero-order chi connectivity index (χ0) is 11.7. The molecule has 0 aromatic carbocycles. The minimum Gasteiger partial charge on any atom is -0.481 e. The van der Waals surface area contributed by atoms with Crippen molar-refractivity contribution in [2.24, 2.45) is 11.8 Å². The van der Waals surface area contributed by atoms with Crippen LogP contribution in [0.1, 0.15) is 26.2 Å². The normalized spacial score (nSPS) is 33.3. The van der Waals surface area contributed by atoms with Crippen LogP contribution >= 0.6 is 0 Å². The van der Waals surface area contributed by atoms with Gasteiger partial charge in [0.2, 0.25) is 0 Å². The molecule has 0 radical (unpaired) electrons. The van der Waals surface area contributed by atoms with Gasteiger partial charge in [0, 0.05) is 19.1 Å². The van der Waals surface area contributed by atoms with Crippen molar-refractivity contribution in [2.75, 3.05) is 13.1 Å². The smallest absolute Gasteiger partial charge is 0.317 e. The summed E-state index contributed by atoms with van der Waals surface area (Å²) in [6.07, 6.45) is 2.51. The Kier molecular flexibility index (Phi) is 3.03. The number of amides is 2. The summed E-state index contributed by atoms with van der Waals surface area (Å²) in [5, 5.41) is 11.8. The highest BCUT2D eigenvalue weighted by Gasteiger charge is 2.36.